The smallest absolute Gasteiger partial charge is 0.466 e. The van der Waals surface area contributed by atoms with Gasteiger partial charge in [0, 0.05) is 19.0 Å². The van der Waals surface area contributed by atoms with Crippen molar-refractivity contribution in [3.05, 3.63) is 5.89 Å². The molecule has 25 heavy (non-hydrogen) atoms. The summed E-state index contributed by atoms with van der Waals surface area (Å²) in [7, 11) is 0. The van der Waals surface area contributed by atoms with Crippen LogP contribution in [0.4, 0.5) is 19.2 Å². The molecule has 0 bridgehead atoms. The summed E-state index contributed by atoms with van der Waals surface area (Å²) in [6, 6.07) is 0.345. The van der Waals surface area contributed by atoms with Crippen LogP contribution in [0.15, 0.2) is 4.42 Å². The number of hydrogen-bond acceptors (Lipinski definition) is 7. The second-order valence-electron chi connectivity index (χ2n) is 6.29. The first-order chi connectivity index (χ1) is 11.9. The molecule has 1 saturated heterocycles. The second-order valence-corrected chi connectivity index (χ2v) is 6.29. The van der Waals surface area contributed by atoms with Gasteiger partial charge in [0.05, 0.1) is 18.6 Å². The number of alkyl halides is 3. The molecule has 2 heterocycles. The van der Waals surface area contributed by atoms with Crippen molar-refractivity contribution < 1.29 is 31.9 Å². The standard InChI is InChI=1S/C15H20F3N3O4/c1-2-23-13(22)9-3-5-21(6-4-9)14-20-19-12(24-14)10-7-11(8-10)25-15(16,17)18/h9-11H,2-8H2,1H3. The van der Waals surface area contributed by atoms with Crippen LogP contribution in [0, 0.1) is 5.92 Å². The molecular formula is C15H20F3N3O4. The van der Waals surface area contributed by atoms with Gasteiger partial charge >= 0.3 is 18.3 Å². The van der Waals surface area contributed by atoms with E-state index in [9.17, 15) is 18.0 Å². The molecule has 1 aliphatic carbocycles. The molecule has 0 amide bonds. The van der Waals surface area contributed by atoms with Crippen LogP contribution >= 0.6 is 0 Å². The summed E-state index contributed by atoms with van der Waals surface area (Å²) in [4.78, 5) is 13.6. The average molecular weight is 363 g/mol. The van der Waals surface area contributed by atoms with E-state index in [1.54, 1.807) is 6.92 Å². The topological polar surface area (TPSA) is 77.7 Å². The molecule has 140 valence electrons. The van der Waals surface area contributed by atoms with Gasteiger partial charge in [0.2, 0.25) is 5.89 Å². The minimum atomic E-state index is -4.61. The van der Waals surface area contributed by atoms with Gasteiger partial charge in [0.15, 0.2) is 0 Å². The van der Waals surface area contributed by atoms with E-state index in [4.69, 9.17) is 9.15 Å². The summed E-state index contributed by atoms with van der Waals surface area (Å²) in [6.07, 6.45) is -3.75. The number of carbonyl (C=O) groups excluding carboxylic acids is 1. The van der Waals surface area contributed by atoms with E-state index in [0.29, 0.717) is 44.4 Å². The van der Waals surface area contributed by atoms with Gasteiger partial charge in [-0.15, -0.1) is 18.3 Å². The molecule has 2 fully saturated rings. The largest absolute Gasteiger partial charge is 0.522 e. The molecular weight excluding hydrogens is 343 g/mol. The summed E-state index contributed by atoms with van der Waals surface area (Å²) in [5.41, 5.74) is 0. The summed E-state index contributed by atoms with van der Waals surface area (Å²) < 4.78 is 51.0. The maximum atomic E-state index is 12.1. The third-order valence-corrected chi connectivity index (χ3v) is 4.56. The van der Waals surface area contributed by atoms with Gasteiger partial charge in [0.25, 0.3) is 0 Å². The van der Waals surface area contributed by atoms with E-state index in [1.807, 2.05) is 4.90 Å². The van der Waals surface area contributed by atoms with Crippen LogP contribution in [0.25, 0.3) is 0 Å². The molecule has 1 saturated carbocycles. The number of nitrogens with zero attached hydrogens (tertiary/aromatic N) is 3. The average Bonchev–Trinajstić information content (AvgIpc) is 2.99. The van der Waals surface area contributed by atoms with E-state index in [-0.39, 0.29) is 30.6 Å². The van der Waals surface area contributed by atoms with Crippen molar-refractivity contribution >= 4 is 12.0 Å². The molecule has 0 spiro atoms. The van der Waals surface area contributed by atoms with E-state index >= 15 is 0 Å². The molecule has 0 N–H and O–H groups in total. The van der Waals surface area contributed by atoms with Crippen molar-refractivity contribution in [2.24, 2.45) is 5.92 Å². The Morgan fingerprint density at radius 3 is 2.56 bits per heavy atom. The lowest BCUT2D eigenvalue weighted by molar-refractivity contribution is -0.352. The SMILES string of the molecule is CCOC(=O)C1CCN(c2nnc(C3CC(OC(F)(F)F)C3)o2)CC1. The molecule has 7 nitrogen and oxygen atoms in total. The lowest BCUT2D eigenvalue weighted by Crippen LogP contribution is -2.37. The maximum Gasteiger partial charge on any atom is 0.522 e. The predicted octanol–water partition coefficient (Wildman–Crippen LogP) is 2.63. The molecule has 1 aromatic rings. The molecule has 0 unspecified atom stereocenters. The van der Waals surface area contributed by atoms with Crippen molar-refractivity contribution in [2.45, 2.75) is 51.0 Å². The highest BCUT2D eigenvalue weighted by Crippen LogP contribution is 2.41. The highest BCUT2D eigenvalue weighted by molar-refractivity contribution is 5.72. The van der Waals surface area contributed by atoms with Gasteiger partial charge in [-0.05, 0) is 32.6 Å². The first-order valence-electron chi connectivity index (χ1n) is 8.35. The third kappa shape index (κ3) is 4.42. The number of piperidine rings is 1. The first-order valence-corrected chi connectivity index (χ1v) is 8.35. The van der Waals surface area contributed by atoms with Crippen molar-refractivity contribution in [1.29, 1.82) is 0 Å². The Labute approximate surface area is 142 Å². The number of carbonyl (C=O) groups is 1. The monoisotopic (exact) mass is 363 g/mol. The zero-order valence-corrected chi connectivity index (χ0v) is 13.8. The molecule has 1 aromatic heterocycles. The number of aromatic nitrogens is 2. The fraction of sp³-hybridized carbons (Fsp3) is 0.800. The maximum absolute atomic E-state index is 12.1. The molecule has 3 rings (SSSR count). The summed E-state index contributed by atoms with van der Waals surface area (Å²) in [5.74, 6) is -0.167. The zero-order valence-electron chi connectivity index (χ0n) is 13.8. The number of esters is 1. The Morgan fingerprint density at radius 1 is 1.28 bits per heavy atom. The van der Waals surface area contributed by atoms with Gasteiger partial charge < -0.3 is 14.1 Å². The lowest BCUT2D eigenvalue weighted by atomic mass is 9.82. The minimum Gasteiger partial charge on any atom is -0.466 e. The van der Waals surface area contributed by atoms with E-state index in [2.05, 4.69) is 14.9 Å². The molecule has 0 radical (unpaired) electrons. The fourth-order valence-corrected chi connectivity index (χ4v) is 3.14. The molecule has 1 aliphatic heterocycles. The quantitative estimate of drug-likeness (QED) is 0.744. The van der Waals surface area contributed by atoms with Gasteiger partial charge in [-0.3, -0.25) is 9.53 Å². The number of anilines is 1. The van der Waals surface area contributed by atoms with Crippen molar-refractivity contribution in [3.8, 4) is 0 Å². The van der Waals surface area contributed by atoms with Crippen LogP contribution in [-0.4, -0.2) is 48.3 Å². The normalized spacial score (nSPS) is 24.9. The number of hydrogen-bond donors (Lipinski definition) is 0. The van der Waals surface area contributed by atoms with E-state index in [0.717, 1.165) is 0 Å². The Hall–Kier alpha value is -1.84. The fourth-order valence-electron chi connectivity index (χ4n) is 3.14. The van der Waals surface area contributed by atoms with Crippen molar-refractivity contribution in [1.82, 2.24) is 10.2 Å². The third-order valence-electron chi connectivity index (χ3n) is 4.56. The van der Waals surface area contributed by atoms with E-state index in [1.165, 1.54) is 0 Å². The number of ether oxygens (including phenoxy) is 2. The molecule has 2 aliphatic rings. The Balaban J connectivity index is 1.48. The van der Waals surface area contributed by atoms with Gasteiger partial charge in [0.1, 0.15) is 0 Å². The molecule has 0 aromatic carbocycles. The minimum absolute atomic E-state index is 0.120. The van der Waals surface area contributed by atoms with Gasteiger partial charge in [-0.2, -0.15) is 0 Å². The highest BCUT2D eigenvalue weighted by Gasteiger charge is 2.42. The second kappa shape index (κ2) is 7.19. The summed E-state index contributed by atoms with van der Waals surface area (Å²) in [5, 5.41) is 7.92. The summed E-state index contributed by atoms with van der Waals surface area (Å²) >= 11 is 0. The van der Waals surface area contributed by atoms with Crippen LogP contribution in [0.1, 0.15) is 44.4 Å². The predicted molar refractivity (Wildman–Crippen MR) is 78.8 cm³/mol. The zero-order chi connectivity index (χ0) is 18.0. The number of rotatable bonds is 5. The van der Waals surface area contributed by atoms with E-state index < -0.39 is 12.5 Å². The Kier molecular flexibility index (Phi) is 5.16. The van der Waals surface area contributed by atoms with Crippen LogP contribution in [-0.2, 0) is 14.3 Å². The first kappa shape index (κ1) is 18.0. The van der Waals surface area contributed by atoms with Gasteiger partial charge in [-0.25, -0.2) is 0 Å². The highest BCUT2D eigenvalue weighted by atomic mass is 19.4. The lowest BCUT2D eigenvalue weighted by Gasteiger charge is -2.33. The Bertz CT molecular complexity index is 593. The summed E-state index contributed by atoms with van der Waals surface area (Å²) in [6.45, 7) is 3.33. The molecule has 10 heteroatoms. The van der Waals surface area contributed by atoms with Crippen molar-refractivity contribution in [2.75, 3.05) is 24.6 Å². The van der Waals surface area contributed by atoms with Crippen LogP contribution in [0.5, 0.6) is 0 Å². The van der Waals surface area contributed by atoms with Gasteiger partial charge in [-0.1, -0.05) is 5.10 Å². The van der Waals surface area contributed by atoms with Crippen LogP contribution in [0.2, 0.25) is 0 Å². The Morgan fingerprint density at radius 2 is 1.96 bits per heavy atom. The van der Waals surface area contributed by atoms with Crippen LogP contribution < -0.4 is 4.90 Å². The molecule has 0 atom stereocenters. The van der Waals surface area contributed by atoms with Crippen molar-refractivity contribution in [3.63, 3.8) is 0 Å². The van der Waals surface area contributed by atoms with Crippen LogP contribution in [0.3, 0.4) is 0 Å². The number of halogens is 3.